The van der Waals surface area contributed by atoms with E-state index in [-0.39, 0.29) is 11.7 Å². The second-order valence-corrected chi connectivity index (χ2v) is 8.33. The van der Waals surface area contributed by atoms with Crippen LogP contribution in [0.3, 0.4) is 0 Å². The average molecular weight is 393 g/mol. The Morgan fingerprint density at radius 3 is 3.00 bits per heavy atom. The van der Waals surface area contributed by atoms with Crippen LogP contribution in [0.1, 0.15) is 45.9 Å². The highest BCUT2D eigenvalue weighted by Gasteiger charge is 2.33. The first-order valence-electron chi connectivity index (χ1n) is 7.73. The standard InChI is InChI=1S/C17H17BrN2O2S/c1-8-2-4-10-13(6-8)23-17-14(10)16(22)19-15(20-17)11-7-9(18)3-5-12(11)21/h3,5,7-8,15,20-21H,2,4,6H2,1H3,(H,19,22)/t8-,15-/m1/s1. The van der Waals surface area contributed by atoms with Crippen LogP contribution in [0.5, 0.6) is 5.75 Å². The fourth-order valence-electron chi connectivity index (χ4n) is 3.38. The van der Waals surface area contributed by atoms with Crippen molar-refractivity contribution in [3.8, 4) is 5.75 Å². The van der Waals surface area contributed by atoms with Gasteiger partial charge in [0.05, 0.1) is 5.56 Å². The van der Waals surface area contributed by atoms with Crippen molar-refractivity contribution in [1.29, 1.82) is 0 Å². The van der Waals surface area contributed by atoms with Crippen LogP contribution in [-0.2, 0) is 12.8 Å². The molecule has 4 nitrogen and oxygen atoms in total. The predicted molar refractivity (Wildman–Crippen MR) is 95.1 cm³/mol. The molecule has 3 N–H and O–H groups in total. The van der Waals surface area contributed by atoms with Gasteiger partial charge in [-0.1, -0.05) is 22.9 Å². The Labute approximate surface area is 147 Å². The van der Waals surface area contributed by atoms with E-state index in [1.807, 2.05) is 6.07 Å². The van der Waals surface area contributed by atoms with Gasteiger partial charge in [-0.15, -0.1) is 11.3 Å². The first kappa shape index (κ1) is 15.0. The number of hydrogen-bond donors (Lipinski definition) is 3. The molecule has 2 heterocycles. The number of phenolic OH excluding ortho intramolecular Hbond substituents is 1. The molecule has 1 aliphatic carbocycles. The van der Waals surface area contributed by atoms with Crippen molar-refractivity contribution in [2.24, 2.45) is 5.92 Å². The zero-order valence-electron chi connectivity index (χ0n) is 12.6. The van der Waals surface area contributed by atoms with Crippen molar-refractivity contribution in [2.45, 2.75) is 32.4 Å². The largest absolute Gasteiger partial charge is 0.508 e. The minimum atomic E-state index is -0.412. The topological polar surface area (TPSA) is 61.4 Å². The van der Waals surface area contributed by atoms with Crippen LogP contribution < -0.4 is 10.6 Å². The van der Waals surface area contributed by atoms with Crippen molar-refractivity contribution < 1.29 is 9.90 Å². The third-order valence-electron chi connectivity index (χ3n) is 4.59. The lowest BCUT2D eigenvalue weighted by Crippen LogP contribution is -2.38. The van der Waals surface area contributed by atoms with E-state index in [0.29, 0.717) is 11.5 Å². The molecule has 1 amide bonds. The molecule has 1 aromatic carbocycles. The molecule has 4 rings (SSSR count). The van der Waals surface area contributed by atoms with Gasteiger partial charge >= 0.3 is 0 Å². The zero-order chi connectivity index (χ0) is 16.1. The Hall–Kier alpha value is -1.53. The highest BCUT2D eigenvalue weighted by atomic mass is 79.9. The number of rotatable bonds is 1. The van der Waals surface area contributed by atoms with Gasteiger partial charge in [0.2, 0.25) is 0 Å². The minimum absolute atomic E-state index is 0.0461. The average Bonchev–Trinajstić information content (AvgIpc) is 2.87. The summed E-state index contributed by atoms with van der Waals surface area (Å²) in [6, 6.07) is 5.23. The molecule has 0 bridgehead atoms. The maximum atomic E-state index is 12.6. The Kier molecular flexibility index (Phi) is 3.61. The molecule has 0 saturated carbocycles. The van der Waals surface area contributed by atoms with Crippen LogP contribution >= 0.6 is 27.3 Å². The van der Waals surface area contributed by atoms with E-state index in [1.54, 1.807) is 23.5 Å². The van der Waals surface area contributed by atoms with Gasteiger partial charge < -0.3 is 15.7 Å². The molecule has 2 aromatic rings. The number of nitrogens with one attached hydrogen (secondary N) is 2. The third-order valence-corrected chi connectivity index (χ3v) is 6.27. The summed E-state index contributed by atoms with van der Waals surface area (Å²) in [6.45, 7) is 2.26. The lowest BCUT2D eigenvalue weighted by atomic mass is 9.88. The maximum absolute atomic E-state index is 12.6. The molecule has 6 heteroatoms. The fraction of sp³-hybridized carbons (Fsp3) is 0.353. The summed E-state index contributed by atoms with van der Waals surface area (Å²) in [7, 11) is 0. The van der Waals surface area contributed by atoms with E-state index < -0.39 is 6.17 Å². The lowest BCUT2D eigenvalue weighted by Gasteiger charge is -2.27. The normalized spacial score (nSPS) is 22.8. The molecule has 2 atom stereocenters. The summed E-state index contributed by atoms with van der Waals surface area (Å²) in [5.41, 5.74) is 2.69. The summed E-state index contributed by atoms with van der Waals surface area (Å²) in [5.74, 6) is 0.801. The Balaban J connectivity index is 1.73. The van der Waals surface area contributed by atoms with Gasteiger partial charge in [0, 0.05) is 14.9 Å². The number of carbonyl (C=O) groups excluding carboxylic acids is 1. The monoisotopic (exact) mass is 392 g/mol. The van der Waals surface area contributed by atoms with Gasteiger partial charge in [0.25, 0.3) is 5.91 Å². The molecule has 0 spiro atoms. The summed E-state index contributed by atoms with van der Waals surface area (Å²) < 4.78 is 0.867. The Morgan fingerprint density at radius 1 is 1.35 bits per heavy atom. The van der Waals surface area contributed by atoms with Crippen molar-refractivity contribution >= 4 is 38.2 Å². The number of thiophene rings is 1. The van der Waals surface area contributed by atoms with Crippen LogP contribution in [-0.4, -0.2) is 11.0 Å². The smallest absolute Gasteiger partial charge is 0.256 e. The summed E-state index contributed by atoms with van der Waals surface area (Å²) in [5, 5.41) is 17.4. The molecule has 1 aliphatic heterocycles. The van der Waals surface area contributed by atoms with Crippen LogP contribution in [0.2, 0.25) is 0 Å². The van der Waals surface area contributed by atoms with Gasteiger partial charge in [-0.25, -0.2) is 0 Å². The van der Waals surface area contributed by atoms with E-state index in [4.69, 9.17) is 0 Å². The number of phenols is 1. The van der Waals surface area contributed by atoms with Crippen molar-refractivity contribution in [3.05, 3.63) is 44.2 Å². The highest BCUT2D eigenvalue weighted by Crippen LogP contribution is 2.43. The minimum Gasteiger partial charge on any atom is -0.508 e. The second kappa shape index (κ2) is 5.53. The molecular weight excluding hydrogens is 376 g/mol. The van der Waals surface area contributed by atoms with E-state index in [1.165, 1.54) is 10.4 Å². The molecule has 2 aliphatic rings. The number of fused-ring (bicyclic) bond motifs is 3. The number of amides is 1. The first-order chi connectivity index (χ1) is 11.0. The van der Waals surface area contributed by atoms with Gasteiger partial charge in [-0.3, -0.25) is 4.79 Å². The number of halogens is 1. The van der Waals surface area contributed by atoms with E-state index in [9.17, 15) is 9.90 Å². The van der Waals surface area contributed by atoms with Crippen LogP contribution in [0.4, 0.5) is 5.00 Å². The van der Waals surface area contributed by atoms with Crippen molar-refractivity contribution in [1.82, 2.24) is 5.32 Å². The molecule has 0 unspecified atom stereocenters. The van der Waals surface area contributed by atoms with E-state index in [0.717, 1.165) is 34.3 Å². The van der Waals surface area contributed by atoms with Crippen LogP contribution in [0.15, 0.2) is 22.7 Å². The maximum Gasteiger partial charge on any atom is 0.256 e. The second-order valence-electron chi connectivity index (χ2n) is 6.31. The quantitative estimate of drug-likeness (QED) is 0.681. The van der Waals surface area contributed by atoms with Gasteiger partial charge in [0.15, 0.2) is 0 Å². The summed E-state index contributed by atoms with van der Waals surface area (Å²) >= 11 is 5.10. The van der Waals surface area contributed by atoms with Crippen molar-refractivity contribution in [2.75, 3.05) is 5.32 Å². The van der Waals surface area contributed by atoms with Gasteiger partial charge in [0.1, 0.15) is 16.9 Å². The van der Waals surface area contributed by atoms with Crippen molar-refractivity contribution in [3.63, 3.8) is 0 Å². The van der Waals surface area contributed by atoms with E-state index >= 15 is 0 Å². The van der Waals surface area contributed by atoms with Gasteiger partial charge in [-0.05, 0) is 48.9 Å². The summed E-state index contributed by atoms with van der Waals surface area (Å²) in [4.78, 5) is 14.0. The predicted octanol–water partition coefficient (Wildman–Crippen LogP) is 4.20. The molecule has 0 radical (unpaired) electrons. The summed E-state index contributed by atoms with van der Waals surface area (Å²) in [6.07, 6.45) is 2.75. The number of anilines is 1. The molecule has 120 valence electrons. The third kappa shape index (κ3) is 2.54. The molecule has 0 fully saturated rings. The first-order valence-corrected chi connectivity index (χ1v) is 9.34. The molecule has 23 heavy (non-hydrogen) atoms. The lowest BCUT2D eigenvalue weighted by molar-refractivity contribution is 0.0935. The Morgan fingerprint density at radius 2 is 2.17 bits per heavy atom. The fourth-order valence-corrected chi connectivity index (χ4v) is 5.19. The number of aromatic hydroxyl groups is 1. The SMILES string of the molecule is C[C@@H]1CCc2c(sc3c2C(=O)N[C@@H](c2cc(Br)ccc2O)N3)C1. The Bertz CT molecular complexity index is 802. The molecule has 1 aromatic heterocycles. The molecular formula is C17H17BrN2O2S. The molecule has 0 saturated heterocycles. The number of benzene rings is 1. The highest BCUT2D eigenvalue weighted by molar-refractivity contribution is 9.10. The zero-order valence-corrected chi connectivity index (χ0v) is 15.1. The van der Waals surface area contributed by atoms with Crippen LogP contribution in [0, 0.1) is 5.92 Å². The van der Waals surface area contributed by atoms with E-state index in [2.05, 4.69) is 33.5 Å². The number of hydrogen-bond acceptors (Lipinski definition) is 4. The van der Waals surface area contributed by atoms with Gasteiger partial charge in [-0.2, -0.15) is 0 Å². The van der Waals surface area contributed by atoms with Crippen LogP contribution in [0.25, 0.3) is 0 Å². The number of carbonyl (C=O) groups is 1.